The molecule has 1 fully saturated rings. The molecule has 2 atom stereocenters. The summed E-state index contributed by atoms with van der Waals surface area (Å²) in [5.74, 6) is -0.586. The van der Waals surface area contributed by atoms with Crippen molar-refractivity contribution in [1.29, 1.82) is 0 Å². The highest BCUT2D eigenvalue weighted by molar-refractivity contribution is 6.08. The monoisotopic (exact) mass is 489 g/mol. The maximum Gasteiger partial charge on any atom is 0.237 e. The Labute approximate surface area is 218 Å². The largest absolute Gasteiger partial charge is 0.392 e. The second kappa shape index (κ2) is 9.79. The zero-order chi connectivity index (χ0) is 26.0. The average Bonchev–Trinajstić information content (AvgIpc) is 3.19. The quantitative estimate of drug-likeness (QED) is 0.254. The third-order valence-electron chi connectivity index (χ3n) is 7.99. The summed E-state index contributed by atoms with van der Waals surface area (Å²) < 4.78 is 0. The van der Waals surface area contributed by atoms with Gasteiger partial charge in [0.1, 0.15) is 5.54 Å². The molecule has 0 bridgehead atoms. The third-order valence-corrected chi connectivity index (χ3v) is 7.99. The standard InChI is InChI=1S/C33H31NO3/c1-24(26-20-18-25(23-35)19-21-26)32(2)22-30(36)34(31(32)37)33(27-12-6-3-7-13-27,28-14-8-4-9-15-28)29-16-10-5-11-17-29/h3-21,24,35H,22-23H2,1-2H3/t24-,32+/m1/s1. The molecule has 4 aromatic rings. The molecule has 1 heterocycles. The van der Waals surface area contributed by atoms with E-state index in [1.54, 1.807) is 0 Å². The van der Waals surface area contributed by atoms with E-state index in [2.05, 4.69) is 0 Å². The van der Waals surface area contributed by atoms with Crippen molar-refractivity contribution in [3.05, 3.63) is 143 Å². The number of carbonyl (C=O) groups is 2. The van der Waals surface area contributed by atoms with Gasteiger partial charge in [0.2, 0.25) is 11.8 Å². The van der Waals surface area contributed by atoms with Gasteiger partial charge >= 0.3 is 0 Å². The van der Waals surface area contributed by atoms with E-state index in [-0.39, 0.29) is 30.8 Å². The lowest BCUT2D eigenvalue weighted by atomic mass is 9.72. The van der Waals surface area contributed by atoms with Gasteiger partial charge in [-0.25, -0.2) is 0 Å². The zero-order valence-corrected chi connectivity index (χ0v) is 21.2. The molecule has 0 unspecified atom stereocenters. The highest BCUT2D eigenvalue weighted by Gasteiger charge is 2.59. The van der Waals surface area contributed by atoms with Gasteiger partial charge in [-0.2, -0.15) is 0 Å². The van der Waals surface area contributed by atoms with Gasteiger partial charge in [0, 0.05) is 6.42 Å². The Morgan fingerprint density at radius 1 is 0.757 bits per heavy atom. The SMILES string of the molecule is C[C@H](c1ccc(CO)cc1)[C@]1(C)CC(=O)N(C(c2ccccc2)(c2ccccc2)c2ccccc2)C1=O. The minimum atomic E-state index is -1.11. The zero-order valence-electron chi connectivity index (χ0n) is 21.2. The number of hydrogen-bond donors (Lipinski definition) is 1. The molecule has 0 radical (unpaired) electrons. The lowest BCUT2D eigenvalue weighted by molar-refractivity contribution is -0.146. The number of aliphatic hydroxyl groups is 1. The van der Waals surface area contributed by atoms with Gasteiger partial charge in [0.05, 0.1) is 12.0 Å². The number of hydrogen-bond acceptors (Lipinski definition) is 3. The van der Waals surface area contributed by atoms with Crippen LogP contribution >= 0.6 is 0 Å². The van der Waals surface area contributed by atoms with Gasteiger partial charge in [-0.3, -0.25) is 14.5 Å². The van der Waals surface area contributed by atoms with E-state index < -0.39 is 11.0 Å². The molecule has 2 amide bonds. The van der Waals surface area contributed by atoms with Crippen molar-refractivity contribution in [3.63, 3.8) is 0 Å². The van der Waals surface area contributed by atoms with Gasteiger partial charge < -0.3 is 5.11 Å². The van der Waals surface area contributed by atoms with Crippen molar-refractivity contribution < 1.29 is 14.7 Å². The second-order valence-corrected chi connectivity index (χ2v) is 10.1. The number of likely N-dealkylation sites (tertiary alicyclic amines) is 1. The van der Waals surface area contributed by atoms with E-state index in [0.717, 1.165) is 27.8 Å². The normalized spacial score (nSPS) is 18.7. The van der Waals surface area contributed by atoms with Crippen molar-refractivity contribution >= 4 is 11.8 Å². The Bertz CT molecular complexity index is 1290. The van der Waals surface area contributed by atoms with Gasteiger partial charge in [0.25, 0.3) is 0 Å². The van der Waals surface area contributed by atoms with Crippen molar-refractivity contribution in [2.45, 2.75) is 38.3 Å². The first kappa shape index (κ1) is 24.7. The van der Waals surface area contributed by atoms with Crippen LogP contribution in [-0.4, -0.2) is 21.8 Å². The van der Waals surface area contributed by atoms with E-state index in [0.29, 0.717) is 0 Å². The lowest BCUT2D eigenvalue weighted by Gasteiger charge is -2.43. The van der Waals surface area contributed by atoms with Crippen molar-refractivity contribution in [2.24, 2.45) is 5.41 Å². The van der Waals surface area contributed by atoms with Crippen LogP contribution in [0.3, 0.4) is 0 Å². The molecule has 1 aliphatic rings. The van der Waals surface area contributed by atoms with Crippen LogP contribution in [0.15, 0.2) is 115 Å². The minimum absolute atomic E-state index is 0.0368. The summed E-state index contributed by atoms with van der Waals surface area (Å²) in [4.78, 5) is 30.2. The van der Waals surface area contributed by atoms with Crippen LogP contribution in [-0.2, 0) is 21.7 Å². The predicted molar refractivity (Wildman–Crippen MR) is 145 cm³/mol. The lowest BCUT2D eigenvalue weighted by Crippen LogP contribution is -2.52. The summed E-state index contributed by atoms with van der Waals surface area (Å²) in [5, 5.41) is 9.45. The fraction of sp³-hybridized carbons (Fsp3) is 0.212. The maximum absolute atomic E-state index is 14.6. The summed E-state index contributed by atoms with van der Waals surface area (Å²) >= 11 is 0. The smallest absolute Gasteiger partial charge is 0.237 e. The Kier molecular flexibility index (Phi) is 6.53. The van der Waals surface area contributed by atoms with Crippen LogP contribution in [0.2, 0.25) is 0 Å². The van der Waals surface area contributed by atoms with Crippen molar-refractivity contribution in [2.75, 3.05) is 0 Å². The molecule has 1 aliphatic heterocycles. The fourth-order valence-corrected chi connectivity index (χ4v) is 5.72. The first-order valence-corrected chi connectivity index (χ1v) is 12.7. The van der Waals surface area contributed by atoms with Crippen LogP contribution in [0.1, 0.15) is 54.0 Å². The summed E-state index contributed by atoms with van der Waals surface area (Å²) in [5.41, 5.74) is 2.31. The summed E-state index contributed by atoms with van der Waals surface area (Å²) in [6, 6.07) is 37.1. The molecule has 0 aromatic heterocycles. The van der Waals surface area contributed by atoms with E-state index in [4.69, 9.17) is 0 Å². The third kappa shape index (κ3) is 3.98. The fourth-order valence-electron chi connectivity index (χ4n) is 5.72. The Morgan fingerprint density at radius 2 is 1.19 bits per heavy atom. The van der Waals surface area contributed by atoms with Crippen LogP contribution in [0.5, 0.6) is 0 Å². The van der Waals surface area contributed by atoms with E-state index in [1.165, 1.54) is 4.90 Å². The Balaban J connectivity index is 1.72. The van der Waals surface area contributed by atoms with Crippen LogP contribution in [0.4, 0.5) is 0 Å². The molecule has 4 aromatic carbocycles. The number of amides is 2. The number of imide groups is 1. The molecule has 4 nitrogen and oxygen atoms in total. The molecule has 1 N–H and O–H groups in total. The summed E-state index contributed by atoms with van der Waals surface area (Å²) in [6.45, 7) is 3.88. The average molecular weight is 490 g/mol. The van der Waals surface area contributed by atoms with Crippen LogP contribution in [0, 0.1) is 5.41 Å². The molecule has 186 valence electrons. The predicted octanol–water partition coefficient (Wildman–Crippen LogP) is 6.04. The maximum atomic E-state index is 14.6. The highest BCUT2D eigenvalue weighted by Crippen LogP contribution is 2.52. The summed E-state index contributed by atoms with van der Waals surface area (Å²) in [6.07, 6.45) is 0.114. The molecule has 0 spiro atoms. The molecule has 0 aliphatic carbocycles. The summed E-state index contributed by atoms with van der Waals surface area (Å²) in [7, 11) is 0. The molecule has 1 saturated heterocycles. The first-order valence-electron chi connectivity index (χ1n) is 12.7. The molecule has 37 heavy (non-hydrogen) atoms. The highest BCUT2D eigenvalue weighted by atomic mass is 16.3. The number of aliphatic hydroxyl groups excluding tert-OH is 1. The topological polar surface area (TPSA) is 57.6 Å². The minimum Gasteiger partial charge on any atom is -0.392 e. The van der Waals surface area contributed by atoms with E-state index in [1.807, 2.05) is 129 Å². The molecule has 5 rings (SSSR count). The van der Waals surface area contributed by atoms with Crippen LogP contribution in [0.25, 0.3) is 0 Å². The Hall–Kier alpha value is -4.02. The van der Waals surface area contributed by atoms with Crippen molar-refractivity contribution in [3.8, 4) is 0 Å². The first-order chi connectivity index (χ1) is 17.9. The van der Waals surface area contributed by atoms with Gasteiger partial charge in [-0.1, -0.05) is 122 Å². The molecular formula is C33H31NO3. The number of nitrogens with zero attached hydrogens (tertiary/aromatic N) is 1. The Morgan fingerprint density at radius 3 is 1.59 bits per heavy atom. The van der Waals surface area contributed by atoms with Gasteiger partial charge in [-0.05, 0) is 40.7 Å². The number of benzene rings is 4. The number of rotatable bonds is 7. The van der Waals surface area contributed by atoms with Crippen LogP contribution < -0.4 is 0 Å². The molecule has 0 saturated carbocycles. The van der Waals surface area contributed by atoms with E-state index >= 15 is 0 Å². The molecular weight excluding hydrogens is 458 g/mol. The van der Waals surface area contributed by atoms with Gasteiger partial charge in [-0.15, -0.1) is 0 Å². The van der Waals surface area contributed by atoms with Crippen molar-refractivity contribution in [1.82, 2.24) is 4.90 Å². The number of carbonyl (C=O) groups excluding carboxylic acids is 2. The van der Waals surface area contributed by atoms with E-state index in [9.17, 15) is 14.7 Å². The second-order valence-electron chi connectivity index (χ2n) is 10.1. The molecule has 4 heteroatoms. The van der Waals surface area contributed by atoms with Gasteiger partial charge in [0.15, 0.2) is 0 Å².